The molecule has 0 fully saturated rings. The van der Waals surface area contributed by atoms with Gasteiger partial charge in [-0.2, -0.15) is 0 Å². The van der Waals surface area contributed by atoms with E-state index in [1.54, 1.807) is 0 Å². The predicted molar refractivity (Wildman–Crippen MR) is 196 cm³/mol. The molecule has 46 heavy (non-hydrogen) atoms. The predicted octanol–water partition coefficient (Wildman–Crippen LogP) is 11.9. The highest BCUT2D eigenvalue weighted by molar-refractivity contribution is 6.23. The summed E-state index contributed by atoms with van der Waals surface area (Å²) in [5.74, 6) is 0. The highest BCUT2D eigenvalue weighted by Gasteiger charge is 2.20. The number of hydrogen-bond donors (Lipinski definition) is 0. The van der Waals surface area contributed by atoms with Gasteiger partial charge in [-0.1, -0.05) is 133 Å². The molecule has 0 aliphatic rings. The van der Waals surface area contributed by atoms with Crippen molar-refractivity contribution < 1.29 is 0 Å². The van der Waals surface area contributed by atoms with E-state index in [1.165, 1.54) is 87.7 Å². The van der Waals surface area contributed by atoms with Crippen molar-refractivity contribution in [3.63, 3.8) is 0 Å². The van der Waals surface area contributed by atoms with E-state index in [0.29, 0.717) is 0 Å². The van der Waals surface area contributed by atoms with Crippen LogP contribution in [0, 0.1) is 0 Å². The fraction of sp³-hybridized carbons (Fsp3) is 0. The van der Waals surface area contributed by atoms with Crippen LogP contribution in [0.4, 0.5) is 0 Å². The molecule has 214 valence electrons. The van der Waals surface area contributed by atoms with Crippen LogP contribution in [0.2, 0.25) is 0 Å². The average molecular weight is 585 g/mol. The van der Waals surface area contributed by atoms with E-state index in [-0.39, 0.29) is 0 Å². The monoisotopic (exact) mass is 584 g/mol. The first-order valence-corrected chi connectivity index (χ1v) is 15.9. The summed E-state index contributed by atoms with van der Waals surface area (Å²) in [6.45, 7) is 0. The van der Waals surface area contributed by atoms with Crippen LogP contribution in [0.25, 0.3) is 87.7 Å². The fourth-order valence-corrected chi connectivity index (χ4v) is 7.69. The van der Waals surface area contributed by atoms with Gasteiger partial charge in [0, 0.05) is 38.0 Å². The maximum absolute atomic E-state index is 2.48. The molecule has 10 rings (SSSR count). The van der Waals surface area contributed by atoms with E-state index in [4.69, 9.17) is 0 Å². The van der Waals surface area contributed by atoms with Crippen LogP contribution in [0.1, 0.15) is 0 Å². The van der Waals surface area contributed by atoms with Gasteiger partial charge < -0.3 is 9.13 Å². The second-order valence-electron chi connectivity index (χ2n) is 12.1. The molecule has 0 N–H and O–H groups in total. The van der Waals surface area contributed by atoms with Crippen molar-refractivity contribution in [2.75, 3.05) is 0 Å². The molecule has 10 aromatic rings. The Bertz CT molecular complexity index is 2780. The smallest absolute Gasteiger partial charge is 0.0619 e. The third kappa shape index (κ3) is 3.53. The van der Waals surface area contributed by atoms with Crippen molar-refractivity contribution >= 4 is 65.2 Å². The van der Waals surface area contributed by atoms with Crippen LogP contribution in [-0.4, -0.2) is 9.13 Å². The van der Waals surface area contributed by atoms with Gasteiger partial charge in [-0.15, -0.1) is 0 Å². The Morgan fingerprint density at radius 2 is 0.957 bits per heavy atom. The molecule has 0 saturated carbocycles. The minimum atomic E-state index is 1.17. The van der Waals surface area contributed by atoms with Gasteiger partial charge in [0.25, 0.3) is 0 Å². The van der Waals surface area contributed by atoms with Gasteiger partial charge >= 0.3 is 0 Å². The Morgan fingerprint density at radius 1 is 0.326 bits per heavy atom. The van der Waals surface area contributed by atoms with Crippen LogP contribution in [-0.2, 0) is 0 Å². The number of aromatic nitrogens is 2. The van der Waals surface area contributed by atoms with Crippen molar-refractivity contribution in [2.24, 2.45) is 0 Å². The quantitative estimate of drug-likeness (QED) is 0.195. The molecule has 0 radical (unpaired) electrons. The largest absolute Gasteiger partial charge is 0.309 e. The first kappa shape index (κ1) is 25.2. The van der Waals surface area contributed by atoms with Gasteiger partial charge in [0.1, 0.15) is 0 Å². The van der Waals surface area contributed by atoms with Gasteiger partial charge in [0.15, 0.2) is 0 Å². The zero-order chi connectivity index (χ0) is 30.2. The number of benzene rings is 8. The highest BCUT2D eigenvalue weighted by Crippen LogP contribution is 2.43. The molecule has 0 amide bonds. The van der Waals surface area contributed by atoms with Crippen LogP contribution in [0.5, 0.6) is 0 Å². The van der Waals surface area contributed by atoms with Gasteiger partial charge in [0.2, 0.25) is 0 Å². The molecular weight excluding hydrogens is 556 g/mol. The van der Waals surface area contributed by atoms with E-state index in [9.17, 15) is 0 Å². The minimum absolute atomic E-state index is 1.17. The summed E-state index contributed by atoms with van der Waals surface area (Å²) >= 11 is 0. The Hall–Kier alpha value is -6.12. The number of rotatable bonds is 3. The Balaban J connectivity index is 1.37. The Kier molecular flexibility index (Phi) is 5.31. The number of hydrogen-bond acceptors (Lipinski definition) is 0. The van der Waals surface area contributed by atoms with Crippen molar-refractivity contribution in [2.45, 2.75) is 0 Å². The van der Waals surface area contributed by atoms with Crippen molar-refractivity contribution in [3.05, 3.63) is 170 Å². The first-order valence-electron chi connectivity index (χ1n) is 15.9. The van der Waals surface area contributed by atoms with Crippen molar-refractivity contribution in [1.82, 2.24) is 9.13 Å². The van der Waals surface area contributed by atoms with E-state index in [1.807, 2.05) is 0 Å². The van der Waals surface area contributed by atoms with E-state index < -0.39 is 0 Å². The number of nitrogens with zero attached hydrogens (tertiary/aromatic N) is 2. The molecule has 0 unspecified atom stereocenters. The molecule has 0 saturated heterocycles. The highest BCUT2D eigenvalue weighted by atomic mass is 15.0. The molecule has 0 aliphatic carbocycles. The summed E-state index contributed by atoms with van der Waals surface area (Å²) in [4.78, 5) is 0. The third-order valence-corrected chi connectivity index (χ3v) is 9.69. The fourth-order valence-electron chi connectivity index (χ4n) is 7.69. The van der Waals surface area contributed by atoms with Crippen LogP contribution in [0.15, 0.2) is 170 Å². The first-order chi connectivity index (χ1) is 22.8. The summed E-state index contributed by atoms with van der Waals surface area (Å²) < 4.78 is 4.94. The maximum Gasteiger partial charge on any atom is 0.0619 e. The minimum Gasteiger partial charge on any atom is -0.309 e. The third-order valence-electron chi connectivity index (χ3n) is 9.69. The zero-order valence-electron chi connectivity index (χ0n) is 25.1. The van der Waals surface area contributed by atoms with Crippen LogP contribution in [0.3, 0.4) is 0 Å². The van der Waals surface area contributed by atoms with Crippen LogP contribution >= 0.6 is 0 Å². The second kappa shape index (κ2) is 9.69. The van der Waals surface area contributed by atoms with Gasteiger partial charge in [-0.25, -0.2) is 0 Å². The molecule has 0 atom stereocenters. The van der Waals surface area contributed by atoms with Gasteiger partial charge in [-0.05, 0) is 58.3 Å². The Labute approximate surface area is 266 Å². The normalized spacial score (nSPS) is 11.9. The summed E-state index contributed by atoms with van der Waals surface area (Å²) in [6, 6.07) is 61.9. The van der Waals surface area contributed by atoms with E-state index in [0.717, 1.165) is 0 Å². The summed E-state index contributed by atoms with van der Waals surface area (Å²) in [5.41, 5.74) is 9.71. The SMILES string of the molecule is c1ccc(-c2ccc(-n3c4ccccc4c4cc5c6ccc7ccccc7c6n(-c6ccccc6)c5cc43)c3ccccc23)cc1. The van der Waals surface area contributed by atoms with Gasteiger partial charge in [-0.3, -0.25) is 0 Å². The van der Waals surface area contributed by atoms with Crippen molar-refractivity contribution in [1.29, 1.82) is 0 Å². The summed E-state index contributed by atoms with van der Waals surface area (Å²) in [6.07, 6.45) is 0. The van der Waals surface area contributed by atoms with Crippen LogP contribution < -0.4 is 0 Å². The molecule has 2 aromatic heterocycles. The molecule has 0 spiro atoms. The molecule has 0 aliphatic heterocycles. The average Bonchev–Trinajstić information content (AvgIpc) is 3.63. The Morgan fingerprint density at radius 3 is 1.78 bits per heavy atom. The summed E-state index contributed by atoms with van der Waals surface area (Å²) in [7, 11) is 0. The zero-order valence-corrected chi connectivity index (χ0v) is 25.1. The standard InChI is InChI=1S/C44H28N2/c1-3-13-29(14-4-1)32-25-26-41(35-20-10-9-19-34(32)35)46-40-22-12-11-21-36(40)38-27-39-37-24-23-30-15-7-8-18-33(30)44(37)45(42(39)28-43(38)46)31-16-5-2-6-17-31/h1-28H. The molecule has 2 heterocycles. The number of para-hydroxylation sites is 2. The molecule has 0 bridgehead atoms. The molecule has 2 heteroatoms. The lowest BCUT2D eigenvalue weighted by Gasteiger charge is -2.15. The van der Waals surface area contributed by atoms with E-state index in [2.05, 4.69) is 179 Å². The number of fused-ring (bicyclic) bond motifs is 9. The summed E-state index contributed by atoms with van der Waals surface area (Å²) in [5, 5.41) is 10.1. The molecular formula is C44H28N2. The second-order valence-corrected chi connectivity index (χ2v) is 12.1. The topological polar surface area (TPSA) is 9.86 Å². The lowest BCUT2D eigenvalue weighted by atomic mass is 9.97. The molecule has 8 aromatic carbocycles. The lowest BCUT2D eigenvalue weighted by Crippen LogP contribution is -1.97. The van der Waals surface area contributed by atoms with Crippen molar-refractivity contribution in [3.8, 4) is 22.5 Å². The van der Waals surface area contributed by atoms with Gasteiger partial charge in [0.05, 0.1) is 27.8 Å². The molecule has 2 nitrogen and oxygen atoms in total. The maximum atomic E-state index is 2.48. The lowest BCUT2D eigenvalue weighted by molar-refractivity contribution is 1.17. The van der Waals surface area contributed by atoms with E-state index >= 15 is 0 Å².